The van der Waals surface area contributed by atoms with Crippen molar-refractivity contribution in [1.82, 2.24) is 14.9 Å². The number of hydrogen-bond donors (Lipinski definition) is 1. The molecular formula is C21H23FN4O. The average Bonchev–Trinajstić information content (AvgIpc) is 2.66. The molecule has 0 aliphatic carbocycles. The van der Waals surface area contributed by atoms with Crippen LogP contribution in [0.4, 0.5) is 10.2 Å². The molecule has 1 N–H and O–H groups in total. The van der Waals surface area contributed by atoms with E-state index < -0.39 is 0 Å². The summed E-state index contributed by atoms with van der Waals surface area (Å²) in [5, 5.41) is 4.36. The van der Waals surface area contributed by atoms with E-state index in [1.54, 1.807) is 25.6 Å². The van der Waals surface area contributed by atoms with Gasteiger partial charge in [-0.05, 0) is 54.8 Å². The number of halogens is 1. The van der Waals surface area contributed by atoms with Gasteiger partial charge in [0.1, 0.15) is 29.2 Å². The number of aromatic nitrogens is 2. The molecule has 2 aromatic carbocycles. The number of benzene rings is 2. The molecule has 1 saturated heterocycles. The Hall–Kier alpha value is -2.73. The van der Waals surface area contributed by atoms with Gasteiger partial charge in [0.15, 0.2) is 0 Å². The van der Waals surface area contributed by atoms with Crippen molar-refractivity contribution in [2.45, 2.75) is 6.42 Å². The summed E-state index contributed by atoms with van der Waals surface area (Å²) in [7, 11) is 3.77. The van der Waals surface area contributed by atoms with Crippen molar-refractivity contribution in [3.63, 3.8) is 0 Å². The molecule has 1 aliphatic rings. The minimum atomic E-state index is -0.251. The zero-order chi connectivity index (χ0) is 18.8. The highest BCUT2D eigenvalue weighted by molar-refractivity contribution is 5.96. The highest BCUT2D eigenvalue weighted by atomic mass is 19.1. The Morgan fingerprint density at radius 2 is 1.93 bits per heavy atom. The summed E-state index contributed by atoms with van der Waals surface area (Å²) in [6.07, 6.45) is 2.67. The standard InChI is InChI=1S/C21H23FN4O/c1-26-11-14(12-26)7-8-23-21-18-9-16(15-3-5-17(22)6-4-15)10-19(27-2)20(18)24-13-25-21/h3-6,9-10,13-14H,7-8,11-12H2,1-2H3,(H,23,24,25). The Labute approximate surface area is 158 Å². The summed E-state index contributed by atoms with van der Waals surface area (Å²) in [5.41, 5.74) is 2.63. The quantitative estimate of drug-likeness (QED) is 0.719. The van der Waals surface area contributed by atoms with E-state index in [0.717, 1.165) is 59.8 Å². The molecule has 0 radical (unpaired) electrons. The fourth-order valence-corrected chi connectivity index (χ4v) is 3.65. The Morgan fingerprint density at radius 1 is 1.15 bits per heavy atom. The van der Waals surface area contributed by atoms with E-state index in [2.05, 4.69) is 27.2 Å². The number of hydrogen-bond acceptors (Lipinski definition) is 5. The molecule has 0 atom stereocenters. The maximum absolute atomic E-state index is 13.3. The van der Waals surface area contributed by atoms with E-state index >= 15 is 0 Å². The third kappa shape index (κ3) is 3.71. The molecule has 1 aliphatic heterocycles. The number of nitrogens with zero attached hydrogens (tertiary/aromatic N) is 3. The first-order valence-electron chi connectivity index (χ1n) is 9.15. The smallest absolute Gasteiger partial charge is 0.145 e. The van der Waals surface area contributed by atoms with Crippen molar-refractivity contribution in [2.75, 3.05) is 39.1 Å². The second-order valence-electron chi connectivity index (χ2n) is 7.11. The lowest BCUT2D eigenvalue weighted by Gasteiger charge is -2.36. The van der Waals surface area contributed by atoms with Gasteiger partial charge in [0, 0.05) is 25.0 Å². The number of rotatable bonds is 6. The summed E-state index contributed by atoms with van der Waals surface area (Å²) in [5.74, 6) is 1.98. The minimum Gasteiger partial charge on any atom is -0.494 e. The fraction of sp³-hybridized carbons (Fsp3) is 0.333. The molecule has 140 valence electrons. The third-order valence-corrected chi connectivity index (χ3v) is 5.09. The van der Waals surface area contributed by atoms with Crippen LogP contribution in [0.5, 0.6) is 5.75 Å². The number of methoxy groups -OCH3 is 1. The van der Waals surface area contributed by atoms with Crippen LogP contribution in [0.25, 0.3) is 22.0 Å². The monoisotopic (exact) mass is 366 g/mol. The van der Waals surface area contributed by atoms with Crippen molar-refractivity contribution in [1.29, 1.82) is 0 Å². The van der Waals surface area contributed by atoms with Gasteiger partial charge in [-0.2, -0.15) is 0 Å². The predicted octanol–water partition coefficient (Wildman–Crippen LogP) is 3.81. The molecular weight excluding hydrogens is 343 g/mol. The number of anilines is 1. The normalized spacial score (nSPS) is 14.9. The molecule has 0 bridgehead atoms. The summed E-state index contributed by atoms with van der Waals surface area (Å²) in [4.78, 5) is 11.2. The summed E-state index contributed by atoms with van der Waals surface area (Å²) >= 11 is 0. The van der Waals surface area contributed by atoms with Crippen molar-refractivity contribution < 1.29 is 9.13 Å². The zero-order valence-electron chi connectivity index (χ0n) is 15.6. The maximum Gasteiger partial charge on any atom is 0.145 e. The van der Waals surface area contributed by atoms with Crippen molar-refractivity contribution in [2.24, 2.45) is 5.92 Å². The highest BCUT2D eigenvalue weighted by Gasteiger charge is 2.22. The lowest BCUT2D eigenvalue weighted by atomic mass is 9.97. The van der Waals surface area contributed by atoms with Gasteiger partial charge in [0.25, 0.3) is 0 Å². The molecule has 4 rings (SSSR count). The average molecular weight is 366 g/mol. The highest BCUT2D eigenvalue weighted by Crippen LogP contribution is 2.34. The van der Waals surface area contributed by atoms with E-state index in [4.69, 9.17) is 4.74 Å². The van der Waals surface area contributed by atoms with E-state index in [0.29, 0.717) is 5.75 Å². The molecule has 1 fully saturated rings. The van der Waals surface area contributed by atoms with Gasteiger partial charge < -0.3 is 15.0 Å². The van der Waals surface area contributed by atoms with Gasteiger partial charge in [-0.3, -0.25) is 0 Å². The SMILES string of the molecule is COc1cc(-c2ccc(F)cc2)cc2c(NCCC3CN(C)C3)ncnc12. The summed E-state index contributed by atoms with van der Waals surface area (Å²) in [6, 6.07) is 10.4. The first-order valence-corrected chi connectivity index (χ1v) is 9.15. The van der Waals surface area contributed by atoms with Crippen LogP contribution in [0.2, 0.25) is 0 Å². The second-order valence-corrected chi connectivity index (χ2v) is 7.11. The molecule has 6 heteroatoms. The summed E-state index contributed by atoms with van der Waals surface area (Å²) < 4.78 is 18.8. The van der Waals surface area contributed by atoms with Gasteiger partial charge in [0.2, 0.25) is 0 Å². The maximum atomic E-state index is 13.3. The molecule has 27 heavy (non-hydrogen) atoms. The Balaban J connectivity index is 1.65. The zero-order valence-corrected chi connectivity index (χ0v) is 15.6. The van der Waals surface area contributed by atoms with E-state index in [-0.39, 0.29) is 5.82 Å². The molecule has 0 spiro atoms. The van der Waals surface area contributed by atoms with Crippen molar-refractivity contribution in [3.05, 3.63) is 48.5 Å². The lowest BCUT2D eigenvalue weighted by Crippen LogP contribution is -2.44. The first-order chi connectivity index (χ1) is 13.1. The van der Waals surface area contributed by atoms with E-state index in [9.17, 15) is 4.39 Å². The second kappa shape index (κ2) is 7.48. The van der Waals surface area contributed by atoms with E-state index in [1.165, 1.54) is 12.1 Å². The fourth-order valence-electron chi connectivity index (χ4n) is 3.65. The molecule has 0 amide bonds. The van der Waals surface area contributed by atoms with Crippen molar-refractivity contribution in [3.8, 4) is 16.9 Å². The van der Waals surface area contributed by atoms with Gasteiger partial charge in [-0.1, -0.05) is 12.1 Å². The van der Waals surface area contributed by atoms with Gasteiger partial charge in [-0.15, -0.1) is 0 Å². The van der Waals surface area contributed by atoms with Gasteiger partial charge in [0.05, 0.1) is 7.11 Å². The van der Waals surface area contributed by atoms with Gasteiger partial charge in [-0.25, -0.2) is 14.4 Å². The number of nitrogens with one attached hydrogen (secondary N) is 1. The van der Waals surface area contributed by atoms with Crippen LogP contribution in [0, 0.1) is 11.7 Å². The number of likely N-dealkylation sites (tertiary alicyclic amines) is 1. The van der Waals surface area contributed by atoms with Crippen LogP contribution in [0.1, 0.15) is 6.42 Å². The largest absolute Gasteiger partial charge is 0.494 e. The number of fused-ring (bicyclic) bond motifs is 1. The topological polar surface area (TPSA) is 50.3 Å². The molecule has 1 aromatic heterocycles. The third-order valence-electron chi connectivity index (χ3n) is 5.09. The molecule has 0 unspecified atom stereocenters. The Bertz CT molecular complexity index is 939. The number of ether oxygens (including phenoxy) is 1. The van der Waals surface area contributed by atoms with Crippen LogP contribution in [-0.2, 0) is 0 Å². The molecule has 0 saturated carbocycles. The molecule has 5 nitrogen and oxygen atoms in total. The van der Waals surface area contributed by atoms with Crippen LogP contribution < -0.4 is 10.1 Å². The van der Waals surface area contributed by atoms with Crippen LogP contribution in [0.3, 0.4) is 0 Å². The van der Waals surface area contributed by atoms with Crippen LogP contribution in [0.15, 0.2) is 42.7 Å². The lowest BCUT2D eigenvalue weighted by molar-refractivity contribution is 0.130. The summed E-state index contributed by atoms with van der Waals surface area (Å²) in [6.45, 7) is 3.19. The first kappa shape index (κ1) is 17.7. The Kier molecular flexibility index (Phi) is 4.90. The van der Waals surface area contributed by atoms with Crippen LogP contribution in [-0.4, -0.2) is 48.7 Å². The van der Waals surface area contributed by atoms with Gasteiger partial charge >= 0.3 is 0 Å². The van der Waals surface area contributed by atoms with E-state index in [1.807, 2.05) is 12.1 Å². The Morgan fingerprint density at radius 3 is 2.63 bits per heavy atom. The predicted molar refractivity (Wildman–Crippen MR) is 106 cm³/mol. The molecule has 2 heterocycles. The molecule has 3 aromatic rings. The van der Waals surface area contributed by atoms with Crippen LogP contribution >= 0.6 is 0 Å². The van der Waals surface area contributed by atoms with Crippen molar-refractivity contribution >= 4 is 16.7 Å². The minimum absolute atomic E-state index is 0.251.